The van der Waals surface area contributed by atoms with Crippen LogP contribution >= 0.6 is 0 Å². The SMILES string of the molecule is Cc1ccc(CCCCC(=O)NCCc2cc(F)cc(F)c2)cc1. The minimum absolute atomic E-state index is 0.0178. The van der Waals surface area contributed by atoms with Gasteiger partial charge in [-0.25, -0.2) is 8.78 Å². The van der Waals surface area contributed by atoms with Crippen LogP contribution in [0.4, 0.5) is 8.78 Å². The molecular weight excluding hydrogens is 308 g/mol. The van der Waals surface area contributed by atoms with Crippen LogP contribution in [-0.4, -0.2) is 12.5 Å². The van der Waals surface area contributed by atoms with E-state index in [0.29, 0.717) is 24.9 Å². The smallest absolute Gasteiger partial charge is 0.220 e. The van der Waals surface area contributed by atoms with Gasteiger partial charge >= 0.3 is 0 Å². The Morgan fingerprint density at radius 3 is 2.25 bits per heavy atom. The molecule has 0 aliphatic rings. The fourth-order valence-electron chi connectivity index (χ4n) is 2.56. The second-order valence-corrected chi connectivity index (χ2v) is 6.07. The molecule has 4 heteroatoms. The lowest BCUT2D eigenvalue weighted by Crippen LogP contribution is -2.25. The molecular formula is C20H23F2NO. The van der Waals surface area contributed by atoms with E-state index in [1.54, 1.807) is 0 Å². The molecule has 2 rings (SSSR count). The van der Waals surface area contributed by atoms with E-state index in [9.17, 15) is 13.6 Å². The van der Waals surface area contributed by atoms with Gasteiger partial charge in [0.05, 0.1) is 0 Å². The van der Waals surface area contributed by atoms with Gasteiger partial charge in [0.2, 0.25) is 5.91 Å². The zero-order valence-corrected chi connectivity index (χ0v) is 13.9. The van der Waals surface area contributed by atoms with Crippen molar-refractivity contribution in [3.05, 3.63) is 70.8 Å². The number of benzene rings is 2. The number of amides is 1. The van der Waals surface area contributed by atoms with Gasteiger partial charge < -0.3 is 5.32 Å². The van der Waals surface area contributed by atoms with Crippen molar-refractivity contribution in [2.24, 2.45) is 0 Å². The second kappa shape index (κ2) is 9.16. The molecule has 1 N–H and O–H groups in total. The maximum absolute atomic E-state index is 13.1. The minimum Gasteiger partial charge on any atom is -0.356 e. The number of carbonyl (C=O) groups excluding carboxylic acids is 1. The molecule has 0 aromatic heterocycles. The molecule has 0 atom stereocenters. The molecule has 1 amide bonds. The molecule has 0 fully saturated rings. The molecule has 0 saturated heterocycles. The average Bonchev–Trinajstić information content (AvgIpc) is 2.52. The summed E-state index contributed by atoms with van der Waals surface area (Å²) in [6.07, 6.45) is 3.66. The molecule has 0 aliphatic carbocycles. The summed E-state index contributed by atoms with van der Waals surface area (Å²) >= 11 is 0. The number of halogens is 2. The van der Waals surface area contributed by atoms with Crippen molar-refractivity contribution < 1.29 is 13.6 Å². The molecule has 2 aromatic carbocycles. The largest absolute Gasteiger partial charge is 0.356 e. The van der Waals surface area contributed by atoms with Crippen molar-refractivity contribution in [2.75, 3.05) is 6.54 Å². The first-order chi connectivity index (χ1) is 11.5. The zero-order valence-electron chi connectivity index (χ0n) is 13.9. The van der Waals surface area contributed by atoms with E-state index in [4.69, 9.17) is 0 Å². The second-order valence-electron chi connectivity index (χ2n) is 6.07. The van der Waals surface area contributed by atoms with E-state index in [1.807, 2.05) is 0 Å². The maximum atomic E-state index is 13.1. The molecule has 2 nitrogen and oxygen atoms in total. The van der Waals surface area contributed by atoms with Crippen LogP contribution in [0.2, 0.25) is 0 Å². The third kappa shape index (κ3) is 6.49. The maximum Gasteiger partial charge on any atom is 0.220 e. The van der Waals surface area contributed by atoms with Gasteiger partial charge in [-0.3, -0.25) is 4.79 Å². The first-order valence-electron chi connectivity index (χ1n) is 8.30. The molecule has 24 heavy (non-hydrogen) atoms. The van der Waals surface area contributed by atoms with Gasteiger partial charge in [0.25, 0.3) is 0 Å². The van der Waals surface area contributed by atoms with Crippen LogP contribution in [0.5, 0.6) is 0 Å². The first kappa shape index (κ1) is 18.1. The highest BCUT2D eigenvalue weighted by Gasteiger charge is 2.04. The number of hydrogen-bond acceptors (Lipinski definition) is 1. The third-order valence-corrected chi connectivity index (χ3v) is 3.90. The first-order valence-corrected chi connectivity index (χ1v) is 8.30. The summed E-state index contributed by atoms with van der Waals surface area (Å²) in [4.78, 5) is 11.8. The molecule has 0 saturated carbocycles. The quantitative estimate of drug-likeness (QED) is 0.716. The number of aryl methyl sites for hydroxylation is 2. The normalized spacial score (nSPS) is 10.6. The molecule has 0 unspecified atom stereocenters. The van der Waals surface area contributed by atoms with Gasteiger partial charge in [-0.15, -0.1) is 0 Å². The lowest BCUT2D eigenvalue weighted by Gasteiger charge is -2.06. The molecule has 0 bridgehead atoms. The number of unbranched alkanes of at least 4 members (excludes halogenated alkanes) is 1. The number of carbonyl (C=O) groups is 1. The highest BCUT2D eigenvalue weighted by Crippen LogP contribution is 2.09. The van der Waals surface area contributed by atoms with Crippen molar-refractivity contribution in [2.45, 2.75) is 39.0 Å². The predicted molar refractivity (Wildman–Crippen MR) is 91.8 cm³/mol. The summed E-state index contributed by atoms with van der Waals surface area (Å²) in [7, 11) is 0. The molecule has 0 radical (unpaired) electrons. The number of hydrogen-bond donors (Lipinski definition) is 1. The van der Waals surface area contributed by atoms with Crippen LogP contribution in [0.25, 0.3) is 0 Å². The van der Waals surface area contributed by atoms with E-state index in [1.165, 1.54) is 23.3 Å². The Labute approximate surface area is 141 Å². The van der Waals surface area contributed by atoms with Crippen molar-refractivity contribution in [3.63, 3.8) is 0 Å². The standard InChI is InChI=1S/C20H23F2NO/c1-15-6-8-16(9-7-15)4-2-3-5-20(24)23-11-10-17-12-18(21)14-19(22)13-17/h6-9,12-14H,2-5,10-11H2,1H3,(H,23,24). The van der Waals surface area contributed by atoms with Crippen molar-refractivity contribution >= 4 is 5.91 Å². The molecule has 128 valence electrons. The van der Waals surface area contributed by atoms with E-state index in [0.717, 1.165) is 25.3 Å². The average molecular weight is 331 g/mol. The van der Waals surface area contributed by atoms with E-state index in [-0.39, 0.29) is 5.91 Å². The summed E-state index contributed by atoms with van der Waals surface area (Å²) in [5, 5.41) is 2.79. The highest BCUT2D eigenvalue weighted by atomic mass is 19.1. The predicted octanol–water partition coefficient (Wildman–Crippen LogP) is 4.34. The number of rotatable bonds is 8. The summed E-state index contributed by atoms with van der Waals surface area (Å²) in [5.74, 6) is -1.20. The Kier molecular flexibility index (Phi) is 6.91. The Balaban J connectivity index is 1.60. The Hall–Kier alpha value is -2.23. The highest BCUT2D eigenvalue weighted by molar-refractivity contribution is 5.75. The lowest BCUT2D eigenvalue weighted by molar-refractivity contribution is -0.121. The third-order valence-electron chi connectivity index (χ3n) is 3.90. The van der Waals surface area contributed by atoms with E-state index < -0.39 is 11.6 Å². The molecule has 0 heterocycles. The minimum atomic E-state index is -0.590. The van der Waals surface area contributed by atoms with Gasteiger partial charge in [0.1, 0.15) is 11.6 Å². The van der Waals surface area contributed by atoms with Crippen LogP contribution in [0.1, 0.15) is 36.0 Å². The summed E-state index contributed by atoms with van der Waals surface area (Å²) in [6.45, 7) is 2.45. The van der Waals surface area contributed by atoms with E-state index in [2.05, 4.69) is 36.5 Å². The van der Waals surface area contributed by atoms with Gasteiger partial charge in [-0.1, -0.05) is 29.8 Å². The van der Waals surface area contributed by atoms with Gasteiger partial charge in [0.15, 0.2) is 0 Å². The Morgan fingerprint density at radius 1 is 0.917 bits per heavy atom. The number of nitrogens with one attached hydrogen (secondary N) is 1. The fraction of sp³-hybridized carbons (Fsp3) is 0.350. The van der Waals surface area contributed by atoms with Crippen molar-refractivity contribution in [1.82, 2.24) is 5.32 Å². The Morgan fingerprint density at radius 2 is 1.58 bits per heavy atom. The zero-order chi connectivity index (χ0) is 17.4. The van der Waals surface area contributed by atoms with Crippen molar-refractivity contribution in [3.8, 4) is 0 Å². The summed E-state index contributed by atoms with van der Waals surface area (Å²) in [5.41, 5.74) is 3.08. The van der Waals surface area contributed by atoms with Crippen LogP contribution in [0, 0.1) is 18.6 Å². The van der Waals surface area contributed by atoms with Crippen LogP contribution in [-0.2, 0) is 17.6 Å². The van der Waals surface area contributed by atoms with Crippen LogP contribution in [0.3, 0.4) is 0 Å². The van der Waals surface area contributed by atoms with Gasteiger partial charge in [0, 0.05) is 19.0 Å². The summed E-state index contributed by atoms with van der Waals surface area (Å²) < 4.78 is 26.1. The Bertz CT molecular complexity index is 648. The lowest BCUT2D eigenvalue weighted by atomic mass is 10.1. The van der Waals surface area contributed by atoms with Gasteiger partial charge in [-0.05, 0) is 55.9 Å². The fourth-order valence-corrected chi connectivity index (χ4v) is 2.56. The van der Waals surface area contributed by atoms with Crippen LogP contribution in [0.15, 0.2) is 42.5 Å². The monoisotopic (exact) mass is 331 g/mol. The molecule has 0 aliphatic heterocycles. The molecule has 2 aromatic rings. The van der Waals surface area contributed by atoms with Crippen LogP contribution < -0.4 is 5.32 Å². The summed E-state index contributed by atoms with van der Waals surface area (Å²) in [6, 6.07) is 11.8. The van der Waals surface area contributed by atoms with Crippen molar-refractivity contribution in [1.29, 1.82) is 0 Å². The van der Waals surface area contributed by atoms with E-state index >= 15 is 0 Å². The molecule has 0 spiro atoms. The van der Waals surface area contributed by atoms with Gasteiger partial charge in [-0.2, -0.15) is 0 Å². The topological polar surface area (TPSA) is 29.1 Å².